The minimum absolute atomic E-state index is 0.351. The molecule has 0 aliphatic carbocycles. The van der Waals surface area contributed by atoms with Gasteiger partial charge in [0.05, 0.1) is 32.2 Å². The van der Waals surface area contributed by atoms with E-state index in [9.17, 15) is 4.79 Å². The zero-order chi connectivity index (χ0) is 11.5. The normalized spacial score (nSPS) is 11.5. The average Bonchev–Trinajstić information content (AvgIpc) is 2.18. The molecule has 0 bridgehead atoms. The predicted molar refractivity (Wildman–Crippen MR) is 57.1 cm³/mol. The van der Waals surface area contributed by atoms with Gasteiger partial charge in [0.1, 0.15) is 5.76 Å². The molecule has 0 saturated carbocycles. The second-order valence-corrected chi connectivity index (χ2v) is 2.49. The molecule has 15 heavy (non-hydrogen) atoms. The standard InChI is InChI=1S/C11H18O4/c1-4-13-8-7-10(14-5-2)9-11(12)15-6-3/h7-9H,4-6H2,1-3H3/b8-7+,10-9-. The Balaban J connectivity index is 4.29. The van der Waals surface area contributed by atoms with Crippen molar-refractivity contribution in [2.45, 2.75) is 20.8 Å². The minimum Gasteiger partial charge on any atom is -0.501 e. The fourth-order valence-corrected chi connectivity index (χ4v) is 0.816. The van der Waals surface area contributed by atoms with Crippen molar-refractivity contribution in [2.75, 3.05) is 19.8 Å². The summed E-state index contributed by atoms with van der Waals surface area (Å²) in [6.07, 6.45) is 4.37. The van der Waals surface area contributed by atoms with Crippen molar-refractivity contribution in [1.29, 1.82) is 0 Å². The van der Waals surface area contributed by atoms with Gasteiger partial charge in [0, 0.05) is 6.08 Å². The van der Waals surface area contributed by atoms with E-state index in [1.54, 1.807) is 13.0 Å². The van der Waals surface area contributed by atoms with Crippen molar-refractivity contribution in [3.8, 4) is 0 Å². The number of carbonyl (C=O) groups excluding carboxylic acids is 1. The number of esters is 1. The van der Waals surface area contributed by atoms with Crippen molar-refractivity contribution in [2.24, 2.45) is 0 Å². The average molecular weight is 214 g/mol. The molecule has 0 spiro atoms. The van der Waals surface area contributed by atoms with Crippen LogP contribution in [0.1, 0.15) is 20.8 Å². The minimum atomic E-state index is -0.415. The van der Waals surface area contributed by atoms with Gasteiger partial charge >= 0.3 is 5.97 Å². The van der Waals surface area contributed by atoms with Gasteiger partial charge in [0.2, 0.25) is 0 Å². The molecular weight excluding hydrogens is 196 g/mol. The van der Waals surface area contributed by atoms with E-state index in [1.165, 1.54) is 12.3 Å². The van der Waals surface area contributed by atoms with E-state index in [1.807, 2.05) is 13.8 Å². The predicted octanol–water partition coefficient (Wildman–Crippen LogP) is 2.02. The van der Waals surface area contributed by atoms with Crippen LogP contribution in [-0.4, -0.2) is 25.8 Å². The first-order valence-corrected chi connectivity index (χ1v) is 5.03. The largest absolute Gasteiger partial charge is 0.501 e. The van der Waals surface area contributed by atoms with Gasteiger partial charge in [-0.15, -0.1) is 0 Å². The molecule has 0 aliphatic heterocycles. The van der Waals surface area contributed by atoms with Crippen LogP contribution in [0.5, 0.6) is 0 Å². The molecule has 0 unspecified atom stereocenters. The Morgan fingerprint density at radius 3 is 2.27 bits per heavy atom. The highest BCUT2D eigenvalue weighted by molar-refractivity contribution is 5.82. The topological polar surface area (TPSA) is 44.8 Å². The van der Waals surface area contributed by atoms with E-state index < -0.39 is 5.97 Å². The van der Waals surface area contributed by atoms with Gasteiger partial charge in [-0.3, -0.25) is 0 Å². The fraction of sp³-hybridized carbons (Fsp3) is 0.545. The molecule has 4 nitrogen and oxygen atoms in total. The highest BCUT2D eigenvalue weighted by Crippen LogP contribution is 2.01. The molecular formula is C11H18O4. The lowest BCUT2D eigenvalue weighted by molar-refractivity contribution is -0.137. The highest BCUT2D eigenvalue weighted by atomic mass is 16.5. The van der Waals surface area contributed by atoms with Crippen LogP contribution in [0.3, 0.4) is 0 Å². The van der Waals surface area contributed by atoms with E-state index in [-0.39, 0.29) is 0 Å². The molecule has 0 amide bonds. The third kappa shape index (κ3) is 7.61. The first-order valence-electron chi connectivity index (χ1n) is 5.03. The van der Waals surface area contributed by atoms with Crippen LogP contribution in [-0.2, 0) is 19.0 Å². The van der Waals surface area contributed by atoms with Crippen LogP contribution in [0.25, 0.3) is 0 Å². The van der Waals surface area contributed by atoms with Crippen molar-refractivity contribution in [1.82, 2.24) is 0 Å². The number of ether oxygens (including phenoxy) is 3. The number of hydrogen-bond acceptors (Lipinski definition) is 4. The van der Waals surface area contributed by atoms with Crippen LogP contribution in [0.15, 0.2) is 24.2 Å². The van der Waals surface area contributed by atoms with Crippen LogP contribution in [0, 0.1) is 0 Å². The van der Waals surface area contributed by atoms with Gasteiger partial charge < -0.3 is 14.2 Å². The number of hydrogen-bond donors (Lipinski definition) is 0. The maximum atomic E-state index is 11.1. The van der Waals surface area contributed by atoms with Gasteiger partial charge in [-0.2, -0.15) is 0 Å². The van der Waals surface area contributed by atoms with E-state index in [4.69, 9.17) is 14.2 Å². The van der Waals surface area contributed by atoms with Gasteiger partial charge in [-0.05, 0) is 20.8 Å². The van der Waals surface area contributed by atoms with E-state index in [0.717, 1.165) is 0 Å². The van der Waals surface area contributed by atoms with Gasteiger partial charge in [-0.1, -0.05) is 0 Å². The Hall–Kier alpha value is -1.45. The Morgan fingerprint density at radius 1 is 1.07 bits per heavy atom. The molecule has 86 valence electrons. The SMILES string of the molecule is CCO/C=C/C(=C/C(=O)OCC)OCC. The summed E-state index contributed by atoms with van der Waals surface area (Å²) >= 11 is 0. The quantitative estimate of drug-likeness (QED) is 0.281. The first kappa shape index (κ1) is 13.5. The molecule has 0 aromatic heterocycles. The maximum absolute atomic E-state index is 11.1. The number of carbonyl (C=O) groups is 1. The smallest absolute Gasteiger partial charge is 0.334 e. The molecule has 4 heteroatoms. The lowest BCUT2D eigenvalue weighted by Crippen LogP contribution is -2.02. The van der Waals surface area contributed by atoms with Gasteiger partial charge in [0.15, 0.2) is 0 Å². The zero-order valence-corrected chi connectivity index (χ0v) is 9.49. The fourth-order valence-electron chi connectivity index (χ4n) is 0.816. The Kier molecular flexibility index (Phi) is 8.24. The summed E-state index contributed by atoms with van der Waals surface area (Å²) in [5, 5.41) is 0. The molecule has 0 aromatic rings. The second kappa shape index (κ2) is 9.12. The highest BCUT2D eigenvalue weighted by Gasteiger charge is 1.99. The van der Waals surface area contributed by atoms with Gasteiger partial charge in [-0.25, -0.2) is 4.79 Å². The molecule has 0 saturated heterocycles. The monoisotopic (exact) mass is 214 g/mol. The molecule has 0 aromatic carbocycles. The molecule has 0 N–H and O–H groups in total. The van der Waals surface area contributed by atoms with Crippen molar-refractivity contribution < 1.29 is 19.0 Å². The molecule has 0 rings (SSSR count). The summed E-state index contributed by atoms with van der Waals surface area (Å²) in [5.74, 6) is 0.0199. The molecule has 0 atom stereocenters. The second-order valence-electron chi connectivity index (χ2n) is 2.49. The lowest BCUT2D eigenvalue weighted by Gasteiger charge is -2.03. The number of allylic oxidation sites excluding steroid dienone is 1. The molecule has 0 fully saturated rings. The first-order chi connectivity index (χ1) is 7.24. The number of rotatable bonds is 7. The van der Waals surface area contributed by atoms with E-state index in [2.05, 4.69) is 0 Å². The summed E-state index contributed by atoms with van der Waals surface area (Å²) in [4.78, 5) is 11.1. The van der Waals surface area contributed by atoms with Crippen molar-refractivity contribution in [3.05, 3.63) is 24.2 Å². The summed E-state index contributed by atoms with van der Waals surface area (Å²) in [5.41, 5.74) is 0. The summed E-state index contributed by atoms with van der Waals surface area (Å²) in [6, 6.07) is 0. The summed E-state index contributed by atoms with van der Waals surface area (Å²) < 4.78 is 15.0. The Morgan fingerprint density at radius 2 is 1.73 bits per heavy atom. The Bertz CT molecular complexity index is 231. The van der Waals surface area contributed by atoms with Crippen LogP contribution in [0.4, 0.5) is 0 Å². The zero-order valence-electron chi connectivity index (χ0n) is 9.49. The van der Waals surface area contributed by atoms with Gasteiger partial charge in [0.25, 0.3) is 0 Å². The Labute approximate surface area is 90.5 Å². The van der Waals surface area contributed by atoms with E-state index in [0.29, 0.717) is 25.6 Å². The van der Waals surface area contributed by atoms with Crippen LogP contribution in [0.2, 0.25) is 0 Å². The summed E-state index contributed by atoms with van der Waals surface area (Å²) in [6.45, 7) is 6.89. The van der Waals surface area contributed by atoms with Crippen molar-refractivity contribution >= 4 is 5.97 Å². The lowest BCUT2D eigenvalue weighted by atomic mass is 10.4. The summed E-state index contributed by atoms with van der Waals surface area (Å²) in [7, 11) is 0. The molecule has 0 radical (unpaired) electrons. The molecule has 0 heterocycles. The van der Waals surface area contributed by atoms with Crippen LogP contribution < -0.4 is 0 Å². The van der Waals surface area contributed by atoms with Crippen LogP contribution >= 0.6 is 0 Å². The van der Waals surface area contributed by atoms with E-state index >= 15 is 0 Å². The van der Waals surface area contributed by atoms with Crippen molar-refractivity contribution in [3.63, 3.8) is 0 Å². The third-order valence-corrected chi connectivity index (χ3v) is 1.35. The maximum Gasteiger partial charge on any atom is 0.334 e. The third-order valence-electron chi connectivity index (χ3n) is 1.35. The molecule has 0 aliphatic rings.